The van der Waals surface area contributed by atoms with Crippen molar-refractivity contribution in [3.8, 4) is 11.6 Å². The van der Waals surface area contributed by atoms with Crippen LogP contribution in [0.5, 0.6) is 11.6 Å². The van der Waals surface area contributed by atoms with Crippen molar-refractivity contribution >= 4 is 27.8 Å². The Hall–Kier alpha value is -3.46. The summed E-state index contributed by atoms with van der Waals surface area (Å²) >= 11 is 0. The van der Waals surface area contributed by atoms with Crippen LogP contribution in [-0.4, -0.2) is 61.4 Å². The topological polar surface area (TPSA) is 126 Å². The highest BCUT2D eigenvalue weighted by Crippen LogP contribution is 2.42. The number of aromatic nitrogens is 1. The molecule has 15 heteroatoms. The second-order valence-corrected chi connectivity index (χ2v) is 11.5. The van der Waals surface area contributed by atoms with Gasteiger partial charge in [-0.25, -0.2) is 22.2 Å². The molecule has 41 heavy (non-hydrogen) atoms. The lowest BCUT2D eigenvalue weighted by atomic mass is 9.90. The van der Waals surface area contributed by atoms with E-state index in [1.54, 1.807) is 12.1 Å². The number of halogens is 5. The number of hydrogen-bond acceptors (Lipinski definition) is 7. The number of hydrogen-bond donors (Lipinski definition) is 2. The number of alkyl halides is 5. The Balaban J connectivity index is 1.79. The van der Waals surface area contributed by atoms with Crippen molar-refractivity contribution in [3.05, 3.63) is 47.2 Å². The van der Waals surface area contributed by atoms with Crippen molar-refractivity contribution in [2.75, 3.05) is 24.1 Å². The molecule has 9 nitrogen and oxygen atoms in total. The fourth-order valence-corrected chi connectivity index (χ4v) is 6.15. The summed E-state index contributed by atoms with van der Waals surface area (Å²) in [6.07, 6.45) is -4.66. The standard InChI is InChI=1S/C26H27F5N2O7S/c27-25(28)7-5-16(6-8-25)11-17-1-3-21-20(12-17)33(15-19(40-21)2-4-23(35)36)41(37,38)22-13-18(26(29,30)31)14-32-24(22)39-10-9-34/h1,3,11-14,19,34H,2,4-10,15H2,(H,35,36). The number of fused-ring (bicyclic) bond motifs is 1. The molecule has 1 unspecified atom stereocenters. The third-order valence-corrected chi connectivity index (χ3v) is 8.41. The van der Waals surface area contributed by atoms with E-state index in [0.29, 0.717) is 17.8 Å². The lowest BCUT2D eigenvalue weighted by Gasteiger charge is -2.36. The van der Waals surface area contributed by atoms with E-state index >= 15 is 0 Å². The van der Waals surface area contributed by atoms with Crippen LogP contribution < -0.4 is 13.8 Å². The van der Waals surface area contributed by atoms with Gasteiger partial charge in [0.2, 0.25) is 11.8 Å². The van der Waals surface area contributed by atoms with E-state index in [1.807, 2.05) is 0 Å². The fraction of sp³-hybridized carbons (Fsp3) is 0.462. The zero-order chi connectivity index (χ0) is 30.0. The van der Waals surface area contributed by atoms with Gasteiger partial charge in [0.1, 0.15) is 18.5 Å². The first kappa shape index (κ1) is 30.5. The molecule has 1 aliphatic heterocycles. The van der Waals surface area contributed by atoms with Crippen molar-refractivity contribution in [1.29, 1.82) is 0 Å². The number of benzene rings is 1. The van der Waals surface area contributed by atoms with Crippen LogP contribution >= 0.6 is 0 Å². The van der Waals surface area contributed by atoms with Gasteiger partial charge in [-0.2, -0.15) is 13.2 Å². The number of pyridine rings is 1. The maximum atomic E-state index is 14.0. The average molecular weight is 607 g/mol. The molecule has 1 aromatic carbocycles. The van der Waals surface area contributed by atoms with Gasteiger partial charge >= 0.3 is 12.1 Å². The fourth-order valence-electron chi connectivity index (χ4n) is 4.54. The molecule has 4 rings (SSSR count). The van der Waals surface area contributed by atoms with Gasteiger partial charge in [0, 0.05) is 25.5 Å². The summed E-state index contributed by atoms with van der Waals surface area (Å²) in [5.41, 5.74) is -0.215. The highest BCUT2D eigenvalue weighted by atomic mass is 32.2. The second kappa shape index (κ2) is 11.8. The molecular weight excluding hydrogens is 579 g/mol. The minimum atomic E-state index is -4.93. The Morgan fingerprint density at radius 2 is 1.93 bits per heavy atom. The molecule has 224 valence electrons. The number of nitrogens with zero attached hydrogens (tertiary/aromatic N) is 2. The van der Waals surface area contributed by atoms with Crippen LogP contribution in [0.25, 0.3) is 6.08 Å². The van der Waals surface area contributed by atoms with Crippen LogP contribution in [-0.2, 0) is 21.0 Å². The largest absolute Gasteiger partial charge is 0.486 e. The summed E-state index contributed by atoms with van der Waals surface area (Å²) in [4.78, 5) is 13.8. The minimum Gasteiger partial charge on any atom is -0.486 e. The molecule has 0 bridgehead atoms. The lowest BCUT2D eigenvalue weighted by Crippen LogP contribution is -2.44. The van der Waals surface area contributed by atoms with E-state index in [2.05, 4.69) is 4.98 Å². The SMILES string of the molecule is O=C(O)CCC1CN(S(=O)(=O)c2cc(C(F)(F)F)cnc2OCCO)c2cc(C=C3CCC(F)(F)CC3)ccc2O1. The molecule has 0 saturated heterocycles. The third kappa shape index (κ3) is 7.25. The van der Waals surface area contributed by atoms with E-state index in [4.69, 9.17) is 19.7 Å². The number of sulfonamides is 1. The molecule has 1 saturated carbocycles. The van der Waals surface area contributed by atoms with Gasteiger partial charge in [0.25, 0.3) is 10.0 Å². The van der Waals surface area contributed by atoms with Gasteiger partial charge in [-0.3, -0.25) is 9.10 Å². The summed E-state index contributed by atoms with van der Waals surface area (Å²) in [6.45, 7) is -1.45. The number of aliphatic hydroxyl groups is 1. The Labute approximate surface area is 232 Å². The zero-order valence-electron chi connectivity index (χ0n) is 21.5. The monoisotopic (exact) mass is 606 g/mol. The number of rotatable bonds is 9. The first-order valence-electron chi connectivity index (χ1n) is 12.6. The normalized spacial score (nSPS) is 18.8. The lowest BCUT2D eigenvalue weighted by molar-refractivity contribution is -0.138. The summed E-state index contributed by atoms with van der Waals surface area (Å²) in [7, 11) is -4.84. The number of carbonyl (C=O) groups is 1. The molecule has 0 radical (unpaired) electrons. The Kier molecular flexibility index (Phi) is 8.78. The number of allylic oxidation sites excluding steroid dienone is 1. The average Bonchev–Trinajstić information content (AvgIpc) is 2.90. The van der Waals surface area contributed by atoms with Crippen LogP contribution in [0.15, 0.2) is 40.9 Å². The Morgan fingerprint density at radius 3 is 2.56 bits per heavy atom. The van der Waals surface area contributed by atoms with Crippen molar-refractivity contribution in [1.82, 2.24) is 4.98 Å². The molecule has 1 aliphatic carbocycles. The number of anilines is 1. The Morgan fingerprint density at radius 1 is 1.22 bits per heavy atom. The number of carboxylic acids is 1. The number of carboxylic acid groups (broad SMARTS) is 1. The Bertz CT molecular complexity index is 1420. The molecule has 1 fully saturated rings. The molecule has 2 aliphatic rings. The van der Waals surface area contributed by atoms with Crippen molar-refractivity contribution < 1.29 is 54.9 Å². The molecule has 2 N–H and O–H groups in total. The molecule has 0 amide bonds. The van der Waals surface area contributed by atoms with Crippen LogP contribution in [0.2, 0.25) is 0 Å². The van der Waals surface area contributed by atoms with E-state index < -0.39 is 70.3 Å². The van der Waals surface area contributed by atoms with E-state index in [0.717, 1.165) is 9.88 Å². The van der Waals surface area contributed by atoms with Crippen molar-refractivity contribution in [3.63, 3.8) is 0 Å². The van der Waals surface area contributed by atoms with Gasteiger partial charge in [0.15, 0.2) is 4.90 Å². The van der Waals surface area contributed by atoms with Crippen LogP contribution in [0.1, 0.15) is 49.7 Å². The smallest absolute Gasteiger partial charge is 0.417 e. The van der Waals surface area contributed by atoms with Gasteiger partial charge in [-0.05, 0) is 43.0 Å². The van der Waals surface area contributed by atoms with Crippen LogP contribution in [0.4, 0.5) is 27.6 Å². The summed E-state index contributed by atoms with van der Waals surface area (Å²) in [5, 5.41) is 18.2. The first-order valence-corrected chi connectivity index (χ1v) is 14.1. The number of aliphatic hydroxyl groups excluding tert-OH is 1. The number of aliphatic carboxylic acids is 1. The first-order chi connectivity index (χ1) is 19.2. The van der Waals surface area contributed by atoms with Crippen LogP contribution in [0, 0.1) is 0 Å². The van der Waals surface area contributed by atoms with Gasteiger partial charge < -0.3 is 19.7 Å². The van der Waals surface area contributed by atoms with Crippen molar-refractivity contribution in [2.45, 2.75) is 61.6 Å². The molecule has 2 aromatic rings. The highest BCUT2D eigenvalue weighted by molar-refractivity contribution is 7.93. The van der Waals surface area contributed by atoms with E-state index in [-0.39, 0.29) is 50.0 Å². The predicted octanol–water partition coefficient (Wildman–Crippen LogP) is 4.89. The zero-order valence-corrected chi connectivity index (χ0v) is 22.4. The maximum absolute atomic E-state index is 14.0. The predicted molar refractivity (Wildman–Crippen MR) is 135 cm³/mol. The van der Waals surface area contributed by atoms with Gasteiger partial charge in [-0.15, -0.1) is 0 Å². The minimum absolute atomic E-state index is 0.0327. The van der Waals surface area contributed by atoms with E-state index in [9.17, 15) is 35.2 Å². The van der Waals surface area contributed by atoms with Gasteiger partial charge in [-0.1, -0.05) is 17.7 Å². The van der Waals surface area contributed by atoms with Crippen LogP contribution in [0.3, 0.4) is 0 Å². The van der Waals surface area contributed by atoms with Gasteiger partial charge in [0.05, 0.1) is 24.4 Å². The quantitative estimate of drug-likeness (QED) is 0.387. The second-order valence-electron chi connectivity index (χ2n) is 9.69. The summed E-state index contributed by atoms with van der Waals surface area (Å²) in [6, 6.07) is 4.80. The summed E-state index contributed by atoms with van der Waals surface area (Å²) < 4.78 is 108. The maximum Gasteiger partial charge on any atom is 0.417 e. The molecule has 0 spiro atoms. The molecule has 1 atom stereocenters. The highest BCUT2D eigenvalue weighted by Gasteiger charge is 2.40. The third-order valence-electron chi connectivity index (χ3n) is 6.63. The number of ether oxygens (including phenoxy) is 2. The van der Waals surface area contributed by atoms with E-state index in [1.165, 1.54) is 12.1 Å². The molecule has 1 aromatic heterocycles. The molecule has 2 heterocycles. The molecular formula is C26H27F5N2O7S. The summed E-state index contributed by atoms with van der Waals surface area (Å²) in [5.74, 6) is -4.55. The van der Waals surface area contributed by atoms with Crippen molar-refractivity contribution in [2.24, 2.45) is 0 Å².